The molecule has 0 atom stereocenters. The van der Waals surface area contributed by atoms with Crippen molar-refractivity contribution in [2.75, 3.05) is 14.2 Å². The van der Waals surface area contributed by atoms with Crippen LogP contribution in [0, 0.1) is 6.92 Å². The summed E-state index contributed by atoms with van der Waals surface area (Å²) in [7, 11) is 3.16. The van der Waals surface area contributed by atoms with Crippen molar-refractivity contribution >= 4 is 17.5 Å². The van der Waals surface area contributed by atoms with Gasteiger partial charge in [-0.2, -0.15) is 0 Å². The normalized spacial score (nSPS) is 10.6. The first-order valence-corrected chi connectivity index (χ1v) is 11.0. The molecular formula is C27H24ClN3O3. The molecule has 4 rings (SSSR count). The maximum atomic E-state index is 13.4. The monoisotopic (exact) mass is 473 g/mol. The average molecular weight is 474 g/mol. The molecule has 0 bridgehead atoms. The molecule has 0 aliphatic heterocycles. The smallest absolute Gasteiger partial charge is 0.252 e. The van der Waals surface area contributed by atoms with E-state index >= 15 is 0 Å². The zero-order chi connectivity index (χ0) is 24.1. The maximum Gasteiger partial charge on any atom is 0.252 e. The van der Waals surface area contributed by atoms with Gasteiger partial charge in [0, 0.05) is 46.8 Å². The maximum absolute atomic E-state index is 13.4. The molecule has 1 amide bonds. The molecule has 0 saturated heterocycles. The Labute approximate surface area is 203 Å². The lowest BCUT2D eigenvalue weighted by atomic mass is 9.99. The molecule has 0 saturated carbocycles. The topological polar surface area (TPSA) is 73.3 Å². The molecule has 34 heavy (non-hydrogen) atoms. The van der Waals surface area contributed by atoms with E-state index in [0.717, 1.165) is 22.3 Å². The second-order valence-corrected chi connectivity index (χ2v) is 8.18. The number of halogens is 1. The number of nitrogens with zero attached hydrogens (tertiary/aromatic N) is 2. The lowest BCUT2D eigenvalue weighted by molar-refractivity contribution is 0.0951. The number of ether oxygens (including phenoxy) is 2. The lowest BCUT2D eigenvalue weighted by Gasteiger charge is -2.13. The highest BCUT2D eigenvalue weighted by Crippen LogP contribution is 2.30. The molecule has 2 aromatic heterocycles. The van der Waals surface area contributed by atoms with Crippen LogP contribution in [0.2, 0.25) is 5.02 Å². The Bertz CT molecular complexity index is 1310. The molecule has 0 unspecified atom stereocenters. The van der Waals surface area contributed by atoms with Gasteiger partial charge in [0.05, 0.1) is 25.5 Å². The number of rotatable bonds is 7. The van der Waals surface area contributed by atoms with Crippen molar-refractivity contribution in [1.82, 2.24) is 15.3 Å². The van der Waals surface area contributed by atoms with Crippen LogP contribution in [0.1, 0.15) is 21.5 Å². The quantitative estimate of drug-likeness (QED) is 0.371. The number of carbonyl (C=O) groups is 1. The first kappa shape index (κ1) is 23.3. The number of benzene rings is 2. The Morgan fingerprint density at radius 3 is 2.50 bits per heavy atom. The van der Waals surface area contributed by atoms with Crippen molar-refractivity contribution in [3.8, 4) is 33.9 Å². The third kappa shape index (κ3) is 5.18. The van der Waals surface area contributed by atoms with Gasteiger partial charge in [-0.05, 0) is 60.5 Å². The molecule has 1 N–H and O–H groups in total. The van der Waals surface area contributed by atoms with Gasteiger partial charge < -0.3 is 14.8 Å². The summed E-state index contributed by atoms with van der Waals surface area (Å²) in [5.74, 6) is 1.01. The number of amides is 1. The molecule has 0 fully saturated rings. The Balaban J connectivity index is 1.68. The van der Waals surface area contributed by atoms with Crippen molar-refractivity contribution in [2.45, 2.75) is 13.5 Å². The standard InChI is InChI=1S/C27H24ClN3O3/c1-17-9-20(12-21(28)10-17)24-13-22(23(16-30-24)19-5-4-8-29-15-19)27(32)31-14-18-6-7-25(33-2)26(11-18)34-3/h4-13,15-16H,14H2,1-3H3,(H,31,32). The number of carbonyl (C=O) groups excluding carboxylic acids is 1. The van der Waals surface area contributed by atoms with Gasteiger partial charge in [-0.1, -0.05) is 23.7 Å². The van der Waals surface area contributed by atoms with E-state index in [2.05, 4.69) is 15.3 Å². The summed E-state index contributed by atoms with van der Waals surface area (Å²) in [6.07, 6.45) is 5.11. The highest BCUT2D eigenvalue weighted by Gasteiger charge is 2.16. The zero-order valence-corrected chi connectivity index (χ0v) is 19.9. The van der Waals surface area contributed by atoms with E-state index in [-0.39, 0.29) is 5.91 Å². The van der Waals surface area contributed by atoms with Crippen molar-refractivity contribution in [3.05, 3.63) is 94.9 Å². The predicted molar refractivity (Wildman–Crippen MR) is 133 cm³/mol. The minimum atomic E-state index is -0.226. The van der Waals surface area contributed by atoms with Crippen LogP contribution in [-0.4, -0.2) is 30.1 Å². The number of aryl methyl sites for hydroxylation is 1. The van der Waals surface area contributed by atoms with Crippen LogP contribution in [0.3, 0.4) is 0 Å². The fourth-order valence-corrected chi connectivity index (χ4v) is 4.00. The molecular weight excluding hydrogens is 450 g/mol. The molecule has 6 nitrogen and oxygen atoms in total. The van der Waals surface area contributed by atoms with Crippen molar-refractivity contribution in [1.29, 1.82) is 0 Å². The average Bonchev–Trinajstić information content (AvgIpc) is 2.86. The van der Waals surface area contributed by atoms with Crippen LogP contribution in [0.4, 0.5) is 0 Å². The molecule has 7 heteroatoms. The van der Waals surface area contributed by atoms with E-state index in [1.54, 1.807) is 38.9 Å². The summed E-state index contributed by atoms with van der Waals surface area (Å²) in [6, 6.07) is 16.8. The summed E-state index contributed by atoms with van der Waals surface area (Å²) in [5.41, 5.74) is 5.40. The molecule has 2 aromatic carbocycles. The third-order valence-electron chi connectivity index (χ3n) is 5.36. The number of pyridine rings is 2. The highest BCUT2D eigenvalue weighted by atomic mass is 35.5. The lowest BCUT2D eigenvalue weighted by Crippen LogP contribution is -2.23. The van der Waals surface area contributed by atoms with Crippen molar-refractivity contribution in [3.63, 3.8) is 0 Å². The minimum Gasteiger partial charge on any atom is -0.493 e. The molecule has 0 radical (unpaired) electrons. The van der Waals surface area contributed by atoms with E-state index in [1.807, 2.05) is 55.5 Å². The van der Waals surface area contributed by atoms with E-state index in [9.17, 15) is 4.79 Å². The second-order valence-electron chi connectivity index (χ2n) is 7.75. The van der Waals surface area contributed by atoms with Gasteiger partial charge in [0.15, 0.2) is 11.5 Å². The molecule has 172 valence electrons. The van der Waals surface area contributed by atoms with Gasteiger partial charge in [-0.25, -0.2) is 0 Å². The van der Waals surface area contributed by atoms with Gasteiger partial charge in [-0.15, -0.1) is 0 Å². The molecule has 0 aliphatic rings. The summed E-state index contributed by atoms with van der Waals surface area (Å²) in [4.78, 5) is 22.2. The Kier molecular flexibility index (Phi) is 7.09. The summed E-state index contributed by atoms with van der Waals surface area (Å²) in [5, 5.41) is 3.62. The van der Waals surface area contributed by atoms with Crippen LogP contribution in [0.25, 0.3) is 22.4 Å². The van der Waals surface area contributed by atoms with Crippen LogP contribution < -0.4 is 14.8 Å². The number of aromatic nitrogens is 2. The minimum absolute atomic E-state index is 0.226. The summed E-state index contributed by atoms with van der Waals surface area (Å²) >= 11 is 6.26. The van der Waals surface area contributed by atoms with E-state index in [1.165, 1.54) is 0 Å². The van der Waals surface area contributed by atoms with Gasteiger partial charge in [0.1, 0.15) is 0 Å². The molecule has 4 aromatic rings. The molecule has 0 spiro atoms. The van der Waals surface area contributed by atoms with Gasteiger partial charge in [0.25, 0.3) is 5.91 Å². The summed E-state index contributed by atoms with van der Waals surface area (Å²) in [6.45, 7) is 2.29. The van der Waals surface area contributed by atoms with E-state index in [0.29, 0.717) is 39.9 Å². The zero-order valence-electron chi connectivity index (χ0n) is 19.1. The van der Waals surface area contributed by atoms with Crippen molar-refractivity contribution < 1.29 is 14.3 Å². The van der Waals surface area contributed by atoms with Crippen LogP contribution >= 0.6 is 11.6 Å². The first-order chi connectivity index (χ1) is 16.5. The Hall–Kier alpha value is -3.90. The van der Waals surface area contributed by atoms with Crippen LogP contribution in [0.5, 0.6) is 11.5 Å². The predicted octanol–water partition coefficient (Wildman–Crippen LogP) is 5.72. The van der Waals surface area contributed by atoms with Crippen LogP contribution in [-0.2, 0) is 6.54 Å². The Morgan fingerprint density at radius 2 is 1.79 bits per heavy atom. The fraction of sp³-hybridized carbons (Fsp3) is 0.148. The number of hydrogen-bond acceptors (Lipinski definition) is 5. The summed E-state index contributed by atoms with van der Waals surface area (Å²) < 4.78 is 10.7. The highest BCUT2D eigenvalue weighted by molar-refractivity contribution is 6.31. The fourth-order valence-electron chi connectivity index (χ4n) is 3.71. The van der Waals surface area contributed by atoms with Gasteiger partial charge in [-0.3, -0.25) is 14.8 Å². The largest absolute Gasteiger partial charge is 0.493 e. The SMILES string of the molecule is COc1ccc(CNC(=O)c2cc(-c3cc(C)cc(Cl)c3)ncc2-c2cccnc2)cc1OC. The van der Waals surface area contributed by atoms with E-state index < -0.39 is 0 Å². The Morgan fingerprint density at radius 1 is 0.971 bits per heavy atom. The van der Waals surface area contributed by atoms with Gasteiger partial charge >= 0.3 is 0 Å². The molecule has 2 heterocycles. The molecule has 0 aliphatic carbocycles. The van der Waals surface area contributed by atoms with E-state index in [4.69, 9.17) is 21.1 Å². The second kappa shape index (κ2) is 10.4. The van der Waals surface area contributed by atoms with Crippen molar-refractivity contribution in [2.24, 2.45) is 0 Å². The first-order valence-electron chi connectivity index (χ1n) is 10.7. The number of nitrogens with one attached hydrogen (secondary N) is 1. The number of methoxy groups -OCH3 is 2. The number of hydrogen-bond donors (Lipinski definition) is 1. The van der Waals surface area contributed by atoms with Gasteiger partial charge in [0.2, 0.25) is 0 Å². The third-order valence-corrected chi connectivity index (χ3v) is 5.58. The van der Waals surface area contributed by atoms with Crippen LogP contribution in [0.15, 0.2) is 73.2 Å².